The van der Waals surface area contributed by atoms with Gasteiger partial charge in [-0.15, -0.1) is 0 Å². The van der Waals surface area contributed by atoms with E-state index in [0.29, 0.717) is 36.0 Å². The van der Waals surface area contributed by atoms with Gasteiger partial charge in [-0.3, -0.25) is 4.79 Å². The molecule has 0 heterocycles. The number of methoxy groups -OCH3 is 1. The minimum absolute atomic E-state index is 0.208. The van der Waals surface area contributed by atoms with Gasteiger partial charge in [-0.25, -0.2) is 0 Å². The van der Waals surface area contributed by atoms with Crippen molar-refractivity contribution >= 4 is 11.6 Å². The van der Waals surface area contributed by atoms with Gasteiger partial charge in [-0.1, -0.05) is 12.1 Å². The zero-order valence-corrected chi connectivity index (χ0v) is 18.7. The van der Waals surface area contributed by atoms with Gasteiger partial charge in [0.25, 0.3) is 5.91 Å². The number of nitrogens with one attached hydrogen (secondary N) is 1. The van der Waals surface area contributed by atoms with E-state index < -0.39 is 0 Å². The highest BCUT2D eigenvalue weighted by Crippen LogP contribution is 2.27. The Balaban J connectivity index is 1.82. The van der Waals surface area contributed by atoms with E-state index in [2.05, 4.69) is 25.2 Å². The van der Waals surface area contributed by atoms with Crippen LogP contribution in [0.5, 0.6) is 17.2 Å². The first kappa shape index (κ1) is 22.2. The lowest BCUT2D eigenvalue weighted by Crippen LogP contribution is -2.13. The number of hydrogen-bond acceptors (Lipinski definition) is 4. The monoisotopic (exact) mass is 419 g/mol. The molecule has 0 spiro atoms. The van der Waals surface area contributed by atoms with Crippen molar-refractivity contribution in [1.29, 1.82) is 0 Å². The van der Waals surface area contributed by atoms with Crippen molar-refractivity contribution in [1.82, 2.24) is 0 Å². The van der Waals surface area contributed by atoms with Crippen LogP contribution in [0.4, 0.5) is 5.69 Å². The van der Waals surface area contributed by atoms with Gasteiger partial charge >= 0.3 is 0 Å². The third-order valence-electron chi connectivity index (χ3n) is 5.10. The molecule has 31 heavy (non-hydrogen) atoms. The Hall–Kier alpha value is -3.47. The van der Waals surface area contributed by atoms with Gasteiger partial charge in [0.2, 0.25) is 0 Å². The molecule has 3 aromatic carbocycles. The fourth-order valence-electron chi connectivity index (χ4n) is 3.34. The Morgan fingerprint density at radius 2 is 1.74 bits per heavy atom. The second kappa shape index (κ2) is 10.0. The molecular weight excluding hydrogens is 390 g/mol. The van der Waals surface area contributed by atoms with E-state index in [1.807, 2.05) is 50.2 Å². The summed E-state index contributed by atoms with van der Waals surface area (Å²) in [6.45, 7) is 8.94. The van der Waals surface area contributed by atoms with E-state index >= 15 is 0 Å². The smallest absolute Gasteiger partial charge is 0.255 e. The molecular formula is C26H29NO4. The molecule has 0 aliphatic carbocycles. The first-order valence-corrected chi connectivity index (χ1v) is 10.3. The maximum absolute atomic E-state index is 12.8. The molecule has 0 saturated carbocycles. The van der Waals surface area contributed by atoms with Gasteiger partial charge in [-0.05, 0) is 80.8 Å². The number of carbonyl (C=O) groups is 1. The average Bonchev–Trinajstić information content (AvgIpc) is 2.76. The van der Waals surface area contributed by atoms with Gasteiger partial charge in [0, 0.05) is 22.9 Å². The number of benzene rings is 3. The number of hydrogen-bond donors (Lipinski definition) is 1. The molecule has 0 fully saturated rings. The standard InChI is InChI=1S/C26H29NO4/c1-6-30-24-11-10-20(26(28)27-22-8-7-9-23(15-22)29-5)14-21(24)16-31-25-13-17(2)12-18(3)19(25)4/h7-15H,6,16H2,1-5H3,(H,27,28). The van der Waals surface area contributed by atoms with E-state index in [0.717, 1.165) is 22.4 Å². The minimum atomic E-state index is -0.208. The second-order valence-electron chi connectivity index (χ2n) is 7.44. The van der Waals surface area contributed by atoms with E-state index in [9.17, 15) is 4.79 Å². The Bertz CT molecular complexity index is 1070. The van der Waals surface area contributed by atoms with Gasteiger partial charge in [0.15, 0.2) is 0 Å². The normalized spacial score (nSPS) is 10.5. The Morgan fingerprint density at radius 1 is 0.935 bits per heavy atom. The lowest BCUT2D eigenvalue weighted by atomic mass is 10.1. The molecule has 3 aromatic rings. The Morgan fingerprint density at radius 3 is 2.48 bits per heavy atom. The van der Waals surface area contributed by atoms with Crippen molar-refractivity contribution in [3.63, 3.8) is 0 Å². The molecule has 3 rings (SSSR count). The van der Waals surface area contributed by atoms with Crippen molar-refractivity contribution < 1.29 is 19.0 Å². The highest BCUT2D eigenvalue weighted by molar-refractivity contribution is 6.04. The molecule has 0 saturated heterocycles. The van der Waals surface area contributed by atoms with Crippen LogP contribution in [-0.2, 0) is 6.61 Å². The molecule has 0 unspecified atom stereocenters. The highest BCUT2D eigenvalue weighted by Gasteiger charge is 2.13. The Kier molecular flexibility index (Phi) is 7.19. The average molecular weight is 420 g/mol. The summed E-state index contributed by atoms with van der Waals surface area (Å²) in [5, 5.41) is 2.91. The van der Waals surface area contributed by atoms with E-state index in [-0.39, 0.29) is 5.91 Å². The number of aryl methyl sites for hydroxylation is 2. The van der Waals surface area contributed by atoms with Crippen LogP contribution in [0, 0.1) is 20.8 Å². The maximum Gasteiger partial charge on any atom is 0.255 e. The molecule has 162 valence electrons. The zero-order chi connectivity index (χ0) is 22.4. The van der Waals surface area contributed by atoms with E-state index in [1.54, 1.807) is 19.2 Å². The predicted molar refractivity (Wildman–Crippen MR) is 124 cm³/mol. The predicted octanol–water partition coefficient (Wildman–Crippen LogP) is 5.85. The summed E-state index contributed by atoms with van der Waals surface area (Å²) in [5.41, 5.74) is 5.46. The lowest BCUT2D eigenvalue weighted by molar-refractivity contribution is 0.102. The number of ether oxygens (including phenoxy) is 3. The molecule has 1 N–H and O–H groups in total. The van der Waals surface area contributed by atoms with Crippen molar-refractivity contribution in [3.8, 4) is 17.2 Å². The quantitative estimate of drug-likeness (QED) is 0.498. The van der Waals surface area contributed by atoms with E-state index in [4.69, 9.17) is 14.2 Å². The topological polar surface area (TPSA) is 56.8 Å². The summed E-state index contributed by atoms with van der Waals surface area (Å²) < 4.78 is 17.1. The third kappa shape index (κ3) is 5.57. The molecule has 0 bridgehead atoms. The summed E-state index contributed by atoms with van der Waals surface area (Å²) in [6.07, 6.45) is 0. The molecule has 0 atom stereocenters. The molecule has 0 aromatic heterocycles. The third-order valence-corrected chi connectivity index (χ3v) is 5.10. The van der Waals surface area contributed by atoms with Gasteiger partial charge in [0.05, 0.1) is 13.7 Å². The lowest BCUT2D eigenvalue weighted by Gasteiger charge is -2.16. The molecule has 0 aliphatic rings. The summed E-state index contributed by atoms with van der Waals surface area (Å²) >= 11 is 0. The molecule has 5 heteroatoms. The fraction of sp³-hybridized carbons (Fsp3) is 0.269. The van der Waals surface area contributed by atoms with Crippen LogP contribution in [0.2, 0.25) is 0 Å². The van der Waals surface area contributed by atoms with Crippen LogP contribution < -0.4 is 19.5 Å². The highest BCUT2D eigenvalue weighted by atomic mass is 16.5. The number of rotatable bonds is 8. The zero-order valence-electron chi connectivity index (χ0n) is 18.7. The van der Waals surface area contributed by atoms with Crippen molar-refractivity contribution in [2.75, 3.05) is 19.0 Å². The van der Waals surface area contributed by atoms with Crippen LogP contribution in [0.25, 0.3) is 0 Å². The molecule has 0 radical (unpaired) electrons. The van der Waals surface area contributed by atoms with Crippen LogP contribution in [0.1, 0.15) is 39.5 Å². The van der Waals surface area contributed by atoms with Gasteiger partial charge in [0.1, 0.15) is 23.9 Å². The van der Waals surface area contributed by atoms with E-state index in [1.165, 1.54) is 5.56 Å². The van der Waals surface area contributed by atoms with Crippen LogP contribution in [-0.4, -0.2) is 19.6 Å². The van der Waals surface area contributed by atoms with Crippen molar-refractivity contribution in [3.05, 3.63) is 82.4 Å². The number of amides is 1. The van der Waals surface area contributed by atoms with Crippen LogP contribution >= 0.6 is 0 Å². The summed E-state index contributed by atoms with van der Waals surface area (Å²) in [7, 11) is 1.59. The minimum Gasteiger partial charge on any atom is -0.497 e. The fourth-order valence-corrected chi connectivity index (χ4v) is 3.34. The van der Waals surface area contributed by atoms with Crippen molar-refractivity contribution in [2.24, 2.45) is 0 Å². The molecule has 1 amide bonds. The largest absolute Gasteiger partial charge is 0.497 e. The first-order chi connectivity index (χ1) is 14.9. The summed E-state index contributed by atoms with van der Waals surface area (Å²) in [4.78, 5) is 12.8. The summed E-state index contributed by atoms with van der Waals surface area (Å²) in [5.74, 6) is 2.02. The van der Waals surface area contributed by atoms with Crippen LogP contribution in [0.3, 0.4) is 0 Å². The van der Waals surface area contributed by atoms with Gasteiger partial charge in [-0.2, -0.15) is 0 Å². The summed E-state index contributed by atoms with van der Waals surface area (Å²) in [6, 6.07) is 16.8. The van der Waals surface area contributed by atoms with Gasteiger partial charge < -0.3 is 19.5 Å². The second-order valence-corrected chi connectivity index (χ2v) is 7.44. The SMILES string of the molecule is CCOc1ccc(C(=O)Nc2cccc(OC)c2)cc1COc1cc(C)cc(C)c1C. The maximum atomic E-state index is 12.8. The number of anilines is 1. The number of carbonyl (C=O) groups excluding carboxylic acids is 1. The first-order valence-electron chi connectivity index (χ1n) is 10.3. The molecule has 5 nitrogen and oxygen atoms in total. The van der Waals surface area contributed by atoms with Crippen LogP contribution in [0.15, 0.2) is 54.6 Å². The molecule has 0 aliphatic heterocycles. The van der Waals surface area contributed by atoms with Crippen molar-refractivity contribution in [2.45, 2.75) is 34.3 Å². The Labute approximate surface area is 184 Å².